The molecule has 0 spiro atoms. The van der Waals surface area contributed by atoms with Gasteiger partial charge in [0.2, 0.25) is 0 Å². The lowest BCUT2D eigenvalue weighted by molar-refractivity contribution is 0.0654. The topological polar surface area (TPSA) is 54.7 Å². The Morgan fingerprint density at radius 1 is 1.22 bits per heavy atom. The molecule has 0 saturated carbocycles. The Morgan fingerprint density at radius 3 is 2.65 bits per heavy atom. The van der Waals surface area contributed by atoms with Crippen LogP contribution in [0.5, 0.6) is 11.7 Å². The van der Waals surface area contributed by atoms with Crippen LogP contribution in [0.15, 0.2) is 46.9 Å². The van der Waals surface area contributed by atoms with Crippen LogP contribution < -0.4 is 10.1 Å². The smallest absolute Gasteiger partial charge is 0.290 e. The van der Waals surface area contributed by atoms with E-state index < -0.39 is 0 Å². The lowest BCUT2D eigenvalue weighted by Crippen LogP contribution is -2.40. The monoisotopic (exact) mass is 314 g/mol. The number of benzene rings is 1. The SMILES string of the molecule is CNCC1CCN(C(=O)c2ccc(Oc3ccccc3)o2)CC1. The summed E-state index contributed by atoms with van der Waals surface area (Å²) < 4.78 is 11.2. The van der Waals surface area contributed by atoms with E-state index in [-0.39, 0.29) is 5.91 Å². The minimum absolute atomic E-state index is 0.0594. The van der Waals surface area contributed by atoms with Gasteiger partial charge in [0.15, 0.2) is 5.76 Å². The Balaban J connectivity index is 1.58. The number of nitrogens with zero attached hydrogens (tertiary/aromatic N) is 1. The van der Waals surface area contributed by atoms with Crippen molar-refractivity contribution >= 4 is 5.91 Å². The molecule has 2 aromatic rings. The third kappa shape index (κ3) is 3.93. The maximum Gasteiger partial charge on any atom is 0.290 e. The van der Waals surface area contributed by atoms with Crippen LogP contribution in [0.3, 0.4) is 0 Å². The third-order valence-corrected chi connectivity index (χ3v) is 4.15. The van der Waals surface area contributed by atoms with Gasteiger partial charge in [0.05, 0.1) is 0 Å². The Labute approximate surface area is 136 Å². The number of nitrogens with one attached hydrogen (secondary N) is 1. The number of ether oxygens (including phenoxy) is 1. The summed E-state index contributed by atoms with van der Waals surface area (Å²) in [5.41, 5.74) is 0. The van der Waals surface area contributed by atoms with Crippen molar-refractivity contribution in [2.75, 3.05) is 26.7 Å². The predicted molar refractivity (Wildman–Crippen MR) is 87.8 cm³/mol. The first-order valence-electron chi connectivity index (χ1n) is 8.03. The fraction of sp³-hybridized carbons (Fsp3) is 0.389. The van der Waals surface area contributed by atoms with Gasteiger partial charge in [-0.05, 0) is 50.6 Å². The molecule has 122 valence electrons. The standard InChI is InChI=1S/C18H22N2O3/c1-19-13-14-9-11-20(12-10-14)18(21)16-7-8-17(23-16)22-15-5-3-2-4-6-15/h2-8,14,19H,9-13H2,1H3. The van der Waals surface area contributed by atoms with Gasteiger partial charge >= 0.3 is 0 Å². The lowest BCUT2D eigenvalue weighted by Gasteiger charge is -2.31. The summed E-state index contributed by atoms with van der Waals surface area (Å²) in [4.78, 5) is 14.3. The fourth-order valence-corrected chi connectivity index (χ4v) is 2.88. The van der Waals surface area contributed by atoms with E-state index in [4.69, 9.17) is 9.15 Å². The second kappa shape index (κ2) is 7.33. The van der Waals surface area contributed by atoms with E-state index in [1.165, 1.54) is 0 Å². The maximum absolute atomic E-state index is 12.5. The van der Waals surface area contributed by atoms with E-state index in [9.17, 15) is 4.79 Å². The molecule has 5 heteroatoms. The molecule has 1 N–H and O–H groups in total. The average Bonchev–Trinajstić information content (AvgIpc) is 3.05. The van der Waals surface area contributed by atoms with Crippen LogP contribution in [0.2, 0.25) is 0 Å². The minimum Gasteiger partial charge on any atom is -0.426 e. The van der Waals surface area contributed by atoms with Crippen molar-refractivity contribution in [3.8, 4) is 11.7 Å². The van der Waals surface area contributed by atoms with Crippen molar-refractivity contribution in [3.05, 3.63) is 48.2 Å². The van der Waals surface area contributed by atoms with Crippen LogP contribution in [0, 0.1) is 5.92 Å². The van der Waals surface area contributed by atoms with Gasteiger partial charge in [0.1, 0.15) is 5.75 Å². The molecule has 23 heavy (non-hydrogen) atoms. The zero-order valence-electron chi connectivity index (χ0n) is 13.3. The van der Waals surface area contributed by atoms with Gasteiger partial charge < -0.3 is 19.4 Å². The highest BCUT2D eigenvalue weighted by molar-refractivity contribution is 5.91. The maximum atomic E-state index is 12.5. The van der Waals surface area contributed by atoms with Crippen LogP contribution in [0.25, 0.3) is 0 Å². The average molecular weight is 314 g/mol. The van der Waals surface area contributed by atoms with Crippen molar-refractivity contribution in [2.24, 2.45) is 5.92 Å². The first-order chi connectivity index (χ1) is 11.3. The third-order valence-electron chi connectivity index (χ3n) is 4.15. The molecule has 0 bridgehead atoms. The summed E-state index contributed by atoms with van der Waals surface area (Å²) >= 11 is 0. The minimum atomic E-state index is -0.0594. The summed E-state index contributed by atoms with van der Waals surface area (Å²) in [6, 6.07) is 12.8. The quantitative estimate of drug-likeness (QED) is 0.921. The molecule has 2 heterocycles. The Morgan fingerprint density at radius 2 is 1.96 bits per heavy atom. The van der Waals surface area contributed by atoms with Crippen LogP contribution in [0.4, 0.5) is 0 Å². The Bertz CT molecular complexity index is 631. The summed E-state index contributed by atoms with van der Waals surface area (Å²) in [6.45, 7) is 2.57. The summed E-state index contributed by atoms with van der Waals surface area (Å²) in [5.74, 6) is 1.95. The molecule has 5 nitrogen and oxygen atoms in total. The number of likely N-dealkylation sites (tertiary alicyclic amines) is 1. The molecule has 3 rings (SSSR count). The number of hydrogen-bond donors (Lipinski definition) is 1. The fourth-order valence-electron chi connectivity index (χ4n) is 2.88. The first kappa shape index (κ1) is 15.6. The molecule has 0 atom stereocenters. The second-order valence-electron chi connectivity index (χ2n) is 5.83. The summed E-state index contributed by atoms with van der Waals surface area (Å²) in [6.07, 6.45) is 2.06. The normalized spacial score (nSPS) is 15.6. The molecule has 1 aromatic carbocycles. The van der Waals surface area contributed by atoms with Crippen LogP contribution in [-0.4, -0.2) is 37.5 Å². The molecule has 1 saturated heterocycles. The van der Waals surface area contributed by atoms with Crippen molar-refractivity contribution in [2.45, 2.75) is 12.8 Å². The van der Waals surface area contributed by atoms with E-state index in [1.807, 2.05) is 42.3 Å². The molecular formula is C18H22N2O3. The number of carbonyl (C=O) groups excluding carboxylic acids is 1. The Hall–Kier alpha value is -2.27. The number of carbonyl (C=O) groups is 1. The molecular weight excluding hydrogens is 292 g/mol. The van der Waals surface area contributed by atoms with Crippen molar-refractivity contribution in [1.29, 1.82) is 0 Å². The predicted octanol–water partition coefficient (Wildman–Crippen LogP) is 3.14. The molecule has 0 unspecified atom stereocenters. The van der Waals surface area contributed by atoms with Crippen LogP contribution in [-0.2, 0) is 0 Å². The van der Waals surface area contributed by atoms with Gasteiger partial charge in [-0.15, -0.1) is 0 Å². The number of para-hydroxylation sites is 1. The molecule has 0 aliphatic carbocycles. The largest absolute Gasteiger partial charge is 0.426 e. The molecule has 1 aliphatic heterocycles. The van der Waals surface area contributed by atoms with Crippen molar-refractivity contribution in [1.82, 2.24) is 10.2 Å². The van der Waals surface area contributed by atoms with Crippen molar-refractivity contribution in [3.63, 3.8) is 0 Å². The molecule has 1 aliphatic rings. The number of rotatable bonds is 5. The van der Waals surface area contributed by atoms with Crippen LogP contribution in [0.1, 0.15) is 23.4 Å². The summed E-state index contributed by atoms with van der Waals surface area (Å²) in [7, 11) is 1.97. The zero-order chi connectivity index (χ0) is 16.1. The van der Waals surface area contributed by atoms with E-state index in [0.717, 1.165) is 32.5 Å². The zero-order valence-corrected chi connectivity index (χ0v) is 13.3. The molecule has 1 amide bonds. The van der Waals surface area contributed by atoms with Gasteiger partial charge in [-0.3, -0.25) is 4.79 Å². The first-order valence-corrected chi connectivity index (χ1v) is 8.03. The molecule has 0 radical (unpaired) electrons. The van der Waals surface area contributed by atoms with E-state index >= 15 is 0 Å². The van der Waals surface area contributed by atoms with E-state index in [1.54, 1.807) is 12.1 Å². The molecule has 1 fully saturated rings. The second-order valence-corrected chi connectivity index (χ2v) is 5.83. The van der Waals surface area contributed by atoms with Crippen LogP contribution >= 0.6 is 0 Å². The number of furan rings is 1. The van der Waals surface area contributed by atoms with E-state index in [0.29, 0.717) is 23.4 Å². The Kier molecular flexibility index (Phi) is 4.98. The highest BCUT2D eigenvalue weighted by Gasteiger charge is 2.25. The highest BCUT2D eigenvalue weighted by Crippen LogP contribution is 2.25. The van der Waals surface area contributed by atoms with E-state index in [2.05, 4.69) is 5.32 Å². The highest BCUT2D eigenvalue weighted by atomic mass is 16.6. The number of piperidine rings is 1. The van der Waals surface area contributed by atoms with Gasteiger partial charge in [0.25, 0.3) is 11.9 Å². The van der Waals surface area contributed by atoms with Gasteiger partial charge in [-0.2, -0.15) is 0 Å². The summed E-state index contributed by atoms with van der Waals surface area (Å²) in [5, 5.41) is 3.20. The number of hydrogen-bond acceptors (Lipinski definition) is 4. The van der Waals surface area contributed by atoms with Gasteiger partial charge in [-0.1, -0.05) is 18.2 Å². The van der Waals surface area contributed by atoms with Crippen molar-refractivity contribution < 1.29 is 13.9 Å². The lowest BCUT2D eigenvalue weighted by atomic mass is 9.97. The van der Waals surface area contributed by atoms with Gasteiger partial charge in [-0.25, -0.2) is 0 Å². The number of amides is 1. The van der Waals surface area contributed by atoms with Gasteiger partial charge in [0, 0.05) is 19.2 Å². The molecule has 1 aromatic heterocycles.